The summed E-state index contributed by atoms with van der Waals surface area (Å²) in [4.78, 5) is 9.85. The van der Waals surface area contributed by atoms with Crippen LogP contribution >= 0.6 is 0 Å². The van der Waals surface area contributed by atoms with E-state index in [1.807, 2.05) is 0 Å². The highest BCUT2D eigenvalue weighted by molar-refractivity contribution is 5.92. The van der Waals surface area contributed by atoms with E-state index in [0.717, 1.165) is 5.69 Å². The van der Waals surface area contributed by atoms with Crippen molar-refractivity contribution in [2.45, 2.75) is 46.2 Å². The number of hydrogen-bond acceptors (Lipinski definition) is 3. The second kappa shape index (κ2) is 5.60. The number of hydrogen-bond donors (Lipinski definition) is 0. The predicted molar refractivity (Wildman–Crippen MR) is 118 cm³/mol. The van der Waals surface area contributed by atoms with Gasteiger partial charge in [-0.3, -0.25) is 4.98 Å². The average molecular weight is 370 g/mol. The zero-order valence-corrected chi connectivity index (χ0v) is 17.5. The Morgan fingerprint density at radius 1 is 0.893 bits per heavy atom. The van der Waals surface area contributed by atoms with Gasteiger partial charge in [-0.25, -0.2) is 0 Å². The summed E-state index contributed by atoms with van der Waals surface area (Å²) >= 11 is 0. The highest BCUT2D eigenvalue weighted by Crippen LogP contribution is 2.55. The first-order chi connectivity index (χ1) is 13.3. The molecule has 28 heavy (non-hydrogen) atoms. The third-order valence-electron chi connectivity index (χ3n) is 6.62. The molecule has 3 heteroatoms. The van der Waals surface area contributed by atoms with Crippen LogP contribution in [0, 0.1) is 13.8 Å². The second-order valence-corrected chi connectivity index (χ2v) is 8.73. The standard InChI is InChI=1S/C25H27N3/c1-15-11-13-18-19-14-12-16(2)26-24(19)25(4,5)22(18)23(15)28-17(3)27(6)20-9-7-8-10-21(20)28/h7-14,17H,1-6H3/t17-/m0/s1. The zero-order chi connectivity index (χ0) is 19.8. The number of aryl methyl sites for hydroxylation is 2. The summed E-state index contributed by atoms with van der Waals surface area (Å²) in [5.41, 5.74) is 11.4. The van der Waals surface area contributed by atoms with Crippen LogP contribution in [0.2, 0.25) is 0 Å². The zero-order valence-electron chi connectivity index (χ0n) is 17.5. The Morgan fingerprint density at radius 2 is 1.57 bits per heavy atom. The molecule has 3 aromatic rings. The largest absolute Gasteiger partial charge is 0.353 e. The number of anilines is 3. The Labute approximate surface area is 167 Å². The third-order valence-corrected chi connectivity index (χ3v) is 6.62. The maximum Gasteiger partial charge on any atom is 0.103 e. The Bertz CT molecular complexity index is 1110. The first-order valence-electron chi connectivity index (χ1n) is 10.1. The topological polar surface area (TPSA) is 19.4 Å². The fourth-order valence-electron chi connectivity index (χ4n) is 5.08. The van der Waals surface area contributed by atoms with Gasteiger partial charge in [0.1, 0.15) is 6.17 Å². The Hall–Kier alpha value is -2.81. The van der Waals surface area contributed by atoms with Crippen molar-refractivity contribution >= 4 is 17.1 Å². The molecule has 0 unspecified atom stereocenters. The van der Waals surface area contributed by atoms with Gasteiger partial charge in [0.15, 0.2) is 0 Å². The molecule has 0 fully saturated rings. The van der Waals surface area contributed by atoms with Crippen molar-refractivity contribution in [1.82, 2.24) is 4.98 Å². The molecule has 3 nitrogen and oxygen atoms in total. The SMILES string of the molecule is Cc1ccc2c(n1)C(C)(C)c1c-2ccc(C)c1N1c2ccccc2N(C)[C@@H]1C. The number of rotatable bonds is 1. The number of pyridine rings is 1. The number of para-hydroxylation sites is 2. The van der Waals surface area contributed by atoms with Gasteiger partial charge in [-0.15, -0.1) is 0 Å². The first-order valence-corrected chi connectivity index (χ1v) is 10.1. The van der Waals surface area contributed by atoms with Gasteiger partial charge in [0.2, 0.25) is 0 Å². The lowest BCUT2D eigenvalue weighted by Gasteiger charge is -2.34. The molecule has 0 amide bonds. The van der Waals surface area contributed by atoms with E-state index in [-0.39, 0.29) is 11.6 Å². The minimum Gasteiger partial charge on any atom is -0.353 e. The van der Waals surface area contributed by atoms with Crippen LogP contribution in [-0.4, -0.2) is 18.2 Å². The summed E-state index contributed by atoms with van der Waals surface area (Å²) in [7, 11) is 2.19. The smallest absolute Gasteiger partial charge is 0.103 e. The van der Waals surface area contributed by atoms with Crippen LogP contribution in [0.4, 0.5) is 17.1 Å². The van der Waals surface area contributed by atoms with Crippen molar-refractivity contribution in [1.29, 1.82) is 0 Å². The summed E-state index contributed by atoms with van der Waals surface area (Å²) < 4.78 is 0. The lowest BCUT2D eigenvalue weighted by Crippen LogP contribution is -2.37. The summed E-state index contributed by atoms with van der Waals surface area (Å²) in [5.74, 6) is 0. The van der Waals surface area contributed by atoms with E-state index < -0.39 is 0 Å². The van der Waals surface area contributed by atoms with E-state index in [2.05, 4.69) is 100.0 Å². The van der Waals surface area contributed by atoms with Crippen LogP contribution in [-0.2, 0) is 5.41 Å². The third kappa shape index (κ3) is 2.07. The molecule has 142 valence electrons. The second-order valence-electron chi connectivity index (χ2n) is 8.73. The lowest BCUT2D eigenvalue weighted by atomic mass is 9.82. The molecule has 1 aromatic heterocycles. The Morgan fingerprint density at radius 3 is 2.32 bits per heavy atom. The molecule has 2 aromatic carbocycles. The molecule has 2 aliphatic rings. The molecule has 1 aliphatic carbocycles. The molecular weight excluding hydrogens is 342 g/mol. The van der Waals surface area contributed by atoms with Gasteiger partial charge >= 0.3 is 0 Å². The normalized spacial score (nSPS) is 18.9. The van der Waals surface area contributed by atoms with E-state index in [9.17, 15) is 0 Å². The van der Waals surface area contributed by atoms with Crippen LogP contribution in [0.3, 0.4) is 0 Å². The van der Waals surface area contributed by atoms with Crippen molar-refractivity contribution in [3.63, 3.8) is 0 Å². The number of benzene rings is 2. The lowest BCUT2D eigenvalue weighted by molar-refractivity contribution is 0.628. The van der Waals surface area contributed by atoms with Gasteiger partial charge in [-0.1, -0.05) is 44.2 Å². The summed E-state index contributed by atoms with van der Waals surface area (Å²) in [5, 5.41) is 0. The minimum atomic E-state index is -0.131. The fraction of sp³-hybridized carbons (Fsp3) is 0.320. The van der Waals surface area contributed by atoms with Crippen LogP contribution in [0.15, 0.2) is 48.5 Å². The van der Waals surface area contributed by atoms with Crippen LogP contribution < -0.4 is 9.80 Å². The minimum absolute atomic E-state index is 0.131. The van der Waals surface area contributed by atoms with Crippen LogP contribution in [0.1, 0.15) is 43.3 Å². The Balaban J connectivity index is 1.82. The van der Waals surface area contributed by atoms with Gasteiger partial charge in [-0.05, 0) is 55.7 Å². The van der Waals surface area contributed by atoms with Crippen LogP contribution in [0.5, 0.6) is 0 Å². The first kappa shape index (κ1) is 17.3. The summed E-state index contributed by atoms with van der Waals surface area (Å²) in [6.07, 6.45) is 0.261. The summed E-state index contributed by atoms with van der Waals surface area (Å²) in [6, 6.07) is 17.7. The molecule has 5 rings (SSSR count). The molecule has 0 spiro atoms. The monoisotopic (exact) mass is 369 g/mol. The van der Waals surface area contributed by atoms with Crippen molar-refractivity contribution in [2.24, 2.45) is 0 Å². The Kier molecular flexibility index (Phi) is 3.46. The molecule has 0 saturated heterocycles. The van der Waals surface area contributed by atoms with Gasteiger partial charge in [0.05, 0.1) is 22.8 Å². The predicted octanol–water partition coefficient (Wildman–Crippen LogP) is 5.94. The molecule has 0 bridgehead atoms. The van der Waals surface area contributed by atoms with Gasteiger partial charge < -0.3 is 9.80 Å². The van der Waals surface area contributed by atoms with Crippen LogP contribution in [0.25, 0.3) is 11.1 Å². The highest BCUT2D eigenvalue weighted by atomic mass is 15.4. The molecule has 0 saturated carbocycles. The molecule has 0 radical (unpaired) electrons. The van der Waals surface area contributed by atoms with E-state index >= 15 is 0 Å². The number of fused-ring (bicyclic) bond motifs is 4. The fourth-order valence-corrected chi connectivity index (χ4v) is 5.08. The van der Waals surface area contributed by atoms with E-state index in [1.54, 1.807) is 0 Å². The van der Waals surface area contributed by atoms with Crippen molar-refractivity contribution in [3.8, 4) is 11.1 Å². The molecular formula is C25H27N3. The molecule has 2 heterocycles. The molecule has 0 N–H and O–H groups in total. The van der Waals surface area contributed by atoms with Crippen molar-refractivity contribution < 1.29 is 0 Å². The van der Waals surface area contributed by atoms with Gasteiger partial charge in [0.25, 0.3) is 0 Å². The van der Waals surface area contributed by atoms with E-state index in [4.69, 9.17) is 4.98 Å². The van der Waals surface area contributed by atoms with Gasteiger partial charge in [-0.2, -0.15) is 0 Å². The maximum atomic E-state index is 4.97. The average Bonchev–Trinajstić information content (AvgIpc) is 3.05. The molecule has 1 aliphatic heterocycles. The summed E-state index contributed by atoms with van der Waals surface area (Å²) in [6.45, 7) is 11.3. The number of aromatic nitrogens is 1. The number of nitrogens with zero attached hydrogens (tertiary/aromatic N) is 3. The molecule has 1 atom stereocenters. The highest BCUT2D eigenvalue weighted by Gasteiger charge is 2.43. The van der Waals surface area contributed by atoms with Gasteiger partial charge in [0, 0.05) is 23.7 Å². The maximum absolute atomic E-state index is 4.97. The van der Waals surface area contributed by atoms with E-state index in [1.165, 1.54) is 45.0 Å². The van der Waals surface area contributed by atoms with Crippen molar-refractivity contribution in [2.75, 3.05) is 16.8 Å². The quantitative estimate of drug-likeness (QED) is 0.529. The van der Waals surface area contributed by atoms with E-state index in [0.29, 0.717) is 0 Å². The van der Waals surface area contributed by atoms with Crippen molar-refractivity contribution in [3.05, 3.63) is 71.0 Å².